The van der Waals surface area contributed by atoms with E-state index in [2.05, 4.69) is 10.3 Å². The molecule has 0 spiro atoms. The van der Waals surface area contributed by atoms with Crippen LogP contribution in [0, 0.1) is 0 Å². The van der Waals surface area contributed by atoms with Crippen molar-refractivity contribution in [3.8, 4) is 0 Å². The summed E-state index contributed by atoms with van der Waals surface area (Å²) in [6.07, 6.45) is 8.71. The Morgan fingerprint density at radius 2 is 2.22 bits per heavy atom. The summed E-state index contributed by atoms with van der Waals surface area (Å²) in [6.45, 7) is 0. The molecule has 1 aromatic heterocycles. The van der Waals surface area contributed by atoms with Crippen LogP contribution in [-0.2, 0) is 4.79 Å². The number of carbonyl (C=O) groups excluding carboxylic acids is 1. The summed E-state index contributed by atoms with van der Waals surface area (Å²) in [4.78, 5) is 15.6. The third-order valence-corrected chi connectivity index (χ3v) is 5.88. The number of pyridine rings is 1. The Kier molecular flexibility index (Phi) is 5.87. The molecule has 1 fully saturated rings. The highest BCUT2D eigenvalue weighted by Crippen LogP contribution is 2.39. The minimum Gasteiger partial charge on any atom is -0.326 e. The van der Waals surface area contributed by atoms with Crippen LogP contribution in [0.25, 0.3) is 0 Å². The minimum absolute atomic E-state index is 0.106. The highest BCUT2D eigenvalue weighted by molar-refractivity contribution is 8.77. The Balaban J connectivity index is 1.57. The van der Waals surface area contributed by atoms with Crippen LogP contribution in [0.5, 0.6) is 0 Å². The number of rotatable bonds is 6. The summed E-state index contributed by atoms with van der Waals surface area (Å²) in [6, 6.07) is 3.62. The van der Waals surface area contributed by atoms with Crippen LogP contribution in [-0.4, -0.2) is 21.9 Å². The first-order valence-corrected chi connectivity index (χ1v) is 8.71. The number of hydrogen-bond donors (Lipinski definition) is 1. The third-order valence-electron chi connectivity index (χ3n) is 2.87. The average Bonchev–Trinajstić information content (AvgIpc) is 2.89. The Morgan fingerprint density at radius 1 is 1.39 bits per heavy atom. The van der Waals surface area contributed by atoms with Crippen molar-refractivity contribution in [2.24, 2.45) is 0 Å². The maximum Gasteiger partial charge on any atom is 0.224 e. The standard InChI is InChI=1S/C13H18N2OS2/c16-13(15-11-5-8-14-9-6-11)4-2-1-3-12-7-10-17-18-12/h5-6,8-9,12H,1-4,7,10H2,(H,14,15,16). The lowest BCUT2D eigenvalue weighted by atomic mass is 10.1. The molecule has 3 nitrogen and oxygen atoms in total. The van der Waals surface area contributed by atoms with Crippen molar-refractivity contribution in [1.29, 1.82) is 0 Å². The monoisotopic (exact) mass is 282 g/mol. The Hall–Kier alpha value is -0.680. The molecular formula is C13H18N2OS2. The molecule has 1 atom stereocenters. The Morgan fingerprint density at radius 3 is 2.94 bits per heavy atom. The van der Waals surface area contributed by atoms with E-state index in [9.17, 15) is 4.79 Å². The number of unbranched alkanes of at least 4 members (excludes halogenated alkanes) is 1. The fourth-order valence-corrected chi connectivity index (χ4v) is 4.91. The highest BCUT2D eigenvalue weighted by atomic mass is 33.1. The molecule has 1 amide bonds. The van der Waals surface area contributed by atoms with Gasteiger partial charge in [0.25, 0.3) is 0 Å². The fraction of sp³-hybridized carbons (Fsp3) is 0.538. The van der Waals surface area contributed by atoms with E-state index in [1.807, 2.05) is 33.7 Å². The number of nitrogens with one attached hydrogen (secondary N) is 1. The van der Waals surface area contributed by atoms with Crippen LogP contribution in [0.3, 0.4) is 0 Å². The molecule has 18 heavy (non-hydrogen) atoms. The number of amides is 1. The maximum absolute atomic E-state index is 11.7. The molecule has 1 unspecified atom stereocenters. The molecule has 2 rings (SSSR count). The van der Waals surface area contributed by atoms with E-state index in [4.69, 9.17) is 0 Å². The van der Waals surface area contributed by atoms with Gasteiger partial charge in [-0.2, -0.15) is 0 Å². The number of aromatic nitrogens is 1. The molecule has 5 heteroatoms. The minimum atomic E-state index is 0.106. The summed E-state index contributed by atoms with van der Waals surface area (Å²) in [5.41, 5.74) is 0.831. The van der Waals surface area contributed by atoms with E-state index < -0.39 is 0 Å². The summed E-state index contributed by atoms with van der Waals surface area (Å²) in [5, 5.41) is 3.70. The van der Waals surface area contributed by atoms with Gasteiger partial charge in [0.2, 0.25) is 5.91 Å². The molecule has 1 N–H and O–H groups in total. The predicted molar refractivity (Wildman–Crippen MR) is 79.8 cm³/mol. The quantitative estimate of drug-likeness (QED) is 0.637. The van der Waals surface area contributed by atoms with E-state index in [-0.39, 0.29) is 5.91 Å². The number of anilines is 1. The van der Waals surface area contributed by atoms with Crippen molar-refractivity contribution in [2.45, 2.75) is 37.4 Å². The van der Waals surface area contributed by atoms with Crippen molar-refractivity contribution >= 4 is 33.2 Å². The zero-order valence-electron chi connectivity index (χ0n) is 10.3. The first kappa shape index (κ1) is 13.7. The lowest BCUT2D eigenvalue weighted by Crippen LogP contribution is -2.11. The SMILES string of the molecule is O=C(CCCCC1CCSS1)Nc1ccncc1. The van der Waals surface area contributed by atoms with Gasteiger partial charge in [-0.05, 0) is 31.4 Å². The zero-order valence-corrected chi connectivity index (χ0v) is 11.9. The second-order valence-corrected chi connectivity index (χ2v) is 7.15. The van der Waals surface area contributed by atoms with Crippen LogP contribution in [0.4, 0.5) is 5.69 Å². The molecule has 1 saturated heterocycles. The summed E-state index contributed by atoms with van der Waals surface area (Å²) < 4.78 is 0. The van der Waals surface area contributed by atoms with Gasteiger partial charge < -0.3 is 5.32 Å². The van der Waals surface area contributed by atoms with E-state index in [1.54, 1.807) is 12.4 Å². The number of hydrogen-bond acceptors (Lipinski definition) is 4. The van der Waals surface area contributed by atoms with Gasteiger partial charge in [0.05, 0.1) is 0 Å². The van der Waals surface area contributed by atoms with Crippen molar-refractivity contribution < 1.29 is 4.79 Å². The number of nitrogens with zero attached hydrogens (tertiary/aromatic N) is 1. The van der Waals surface area contributed by atoms with Gasteiger partial charge in [-0.1, -0.05) is 28.0 Å². The first-order valence-electron chi connectivity index (χ1n) is 6.33. The zero-order chi connectivity index (χ0) is 12.6. The van der Waals surface area contributed by atoms with Gasteiger partial charge >= 0.3 is 0 Å². The summed E-state index contributed by atoms with van der Waals surface area (Å²) in [5.74, 6) is 1.40. The van der Waals surface area contributed by atoms with E-state index in [0.717, 1.165) is 23.8 Å². The van der Waals surface area contributed by atoms with Crippen molar-refractivity contribution in [3.05, 3.63) is 24.5 Å². The molecule has 98 valence electrons. The Bertz CT molecular complexity index is 367. The van der Waals surface area contributed by atoms with Crippen LogP contribution in [0.1, 0.15) is 32.1 Å². The molecule has 1 aromatic rings. The molecule has 1 aliphatic rings. The van der Waals surface area contributed by atoms with Crippen molar-refractivity contribution in [1.82, 2.24) is 4.98 Å². The second kappa shape index (κ2) is 7.69. The lowest BCUT2D eigenvalue weighted by Gasteiger charge is -2.07. The van der Waals surface area contributed by atoms with Crippen molar-refractivity contribution in [2.75, 3.05) is 11.1 Å². The third kappa shape index (κ3) is 4.90. The largest absolute Gasteiger partial charge is 0.326 e. The van der Waals surface area contributed by atoms with Gasteiger partial charge in [-0.15, -0.1) is 0 Å². The molecule has 0 aliphatic carbocycles. The first-order chi connectivity index (χ1) is 8.84. The molecule has 0 aromatic carbocycles. The van der Waals surface area contributed by atoms with Gasteiger partial charge in [0.15, 0.2) is 0 Å². The van der Waals surface area contributed by atoms with Gasteiger partial charge in [0, 0.05) is 35.5 Å². The van der Waals surface area contributed by atoms with Crippen LogP contribution in [0.2, 0.25) is 0 Å². The lowest BCUT2D eigenvalue weighted by molar-refractivity contribution is -0.116. The summed E-state index contributed by atoms with van der Waals surface area (Å²) in [7, 11) is 3.99. The van der Waals surface area contributed by atoms with Crippen LogP contribution in [0.15, 0.2) is 24.5 Å². The Labute approximate surface area is 116 Å². The van der Waals surface area contributed by atoms with E-state index >= 15 is 0 Å². The van der Waals surface area contributed by atoms with Crippen LogP contribution >= 0.6 is 21.6 Å². The van der Waals surface area contributed by atoms with Crippen molar-refractivity contribution in [3.63, 3.8) is 0 Å². The average molecular weight is 282 g/mol. The van der Waals surface area contributed by atoms with Gasteiger partial charge in [-0.25, -0.2) is 0 Å². The van der Waals surface area contributed by atoms with Gasteiger partial charge in [-0.3, -0.25) is 9.78 Å². The highest BCUT2D eigenvalue weighted by Gasteiger charge is 2.15. The van der Waals surface area contributed by atoms with E-state index in [1.165, 1.54) is 18.6 Å². The van der Waals surface area contributed by atoms with Gasteiger partial charge in [0.1, 0.15) is 0 Å². The smallest absolute Gasteiger partial charge is 0.224 e. The molecule has 0 bridgehead atoms. The maximum atomic E-state index is 11.7. The topological polar surface area (TPSA) is 42.0 Å². The summed E-state index contributed by atoms with van der Waals surface area (Å²) >= 11 is 0. The van der Waals surface area contributed by atoms with Crippen LogP contribution < -0.4 is 5.32 Å². The molecular weight excluding hydrogens is 264 g/mol. The predicted octanol–water partition coefficient (Wildman–Crippen LogP) is 3.73. The molecule has 0 saturated carbocycles. The van der Waals surface area contributed by atoms with E-state index in [0.29, 0.717) is 6.42 Å². The normalized spacial score (nSPS) is 18.8. The fourth-order valence-electron chi connectivity index (χ4n) is 1.88. The molecule has 1 aliphatic heterocycles. The number of carbonyl (C=O) groups is 1. The molecule has 2 heterocycles. The molecule has 0 radical (unpaired) electrons. The second-order valence-electron chi connectivity index (χ2n) is 4.36.